The van der Waals surface area contributed by atoms with Crippen LogP contribution in [0.4, 0.5) is 10.1 Å². The van der Waals surface area contributed by atoms with Crippen molar-refractivity contribution in [2.75, 3.05) is 4.90 Å². The van der Waals surface area contributed by atoms with Gasteiger partial charge in [0.15, 0.2) is 5.11 Å². The van der Waals surface area contributed by atoms with Gasteiger partial charge in [-0.1, -0.05) is 6.08 Å². The minimum absolute atomic E-state index is 0.206. The number of nitrogens with zero attached hydrogens (tertiary/aromatic N) is 1. The molecule has 2 rings (SSSR count). The number of allylic oxidation sites excluding steroid dienone is 1. The molecule has 0 saturated carbocycles. The summed E-state index contributed by atoms with van der Waals surface area (Å²) in [7, 11) is 0. The summed E-state index contributed by atoms with van der Waals surface area (Å²) in [5.74, 6) is -6.31. The number of carboxylic acids is 2. The molecule has 1 aliphatic heterocycles. The van der Waals surface area contributed by atoms with Crippen LogP contribution in [0.15, 0.2) is 35.9 Å². The SMILES string of the molecule is O=C([O-])CC[C@H](C/C=C1\C(=O)NC(=S)N(c2ccc(F)cc2)C1=O)C(=O)[O-]. The van der Waals surface area contributed by atoms with E-state index in [1.165, 1.54) is 12.1 Å². The normalized spacial score (nSPS) is 17.0. The number of nitrogens with one attached hydrogen (secondary N) is 1. The Morgan fingerprint density at radius 3 is 2.41 bits per heavy atom. The summed E-state index contributed by atoms with van der Waals surface area (Å²) in [5, 5.41) is 23.7. The maximum absolute atomic E-state index is 13.1. The molecule has 8 nitrogen and oxygen atoms in total. The van der Waals surface area contributed by atoms with Crippen LogP contribution >= 0.6 is 12.2 Å². The van der Waals surface area contributed by atoms with Gasteiger partial charge in [-0.05, 0) is 55.7 Å². The Kier molecular flexibility index (Phi) is 6.35. The van der Waals surface area contributed by atoms with Gasteiger partial charge in [0, 0.05) is 17.9 Å². The van der Waals surface area contributed by atoms with Crippen molar-refractivity contribution < 1.29 is 33.8 Å². The van der Waals surface area contributed by atoms with Gasteiger partial charge >= 0.3 is 0 Å². The lowest BCUT2D eigenvalue weighted by Gasteiger charge is -2.29. The second-order valence-corrected chi connectivity index (χ2v) is 6.04. The molecular formula is C17H13FN2O6S-2. The van der Waals surface area contributed by atoms with Crippen molar-refractivity contribution in [3.63, 3.8) is 0 Å². The standard InChI is InChI=1S/C17H15FN2O6S/c18-10-3-5-11(6-4-10)20-15(24)12(14(23)19-17(20)27)7-1-9(16(25)26)2-8-13(21)22/h3-7,9H,1-2,8H2,(H,21,22)(H,25,26)(H,19,23,27)/p-2/b12-7+/t9-/m0/s1. The first kappa shape index (κ1) is 20.2. The van der Waals surface area contributed by atoms with Crippen LogP contribution in [0.3, 0.4) is 0 Å². The van der Waals surface area contributed by atoms with Crippen molar-refractivity contribution in [2.24, 2.45) is 5.92 Å². The average molecular weight is 392 g/mol. The minimum atomic E-state index is -1.51. The summed E-state index contributed by atoms with van der Waals surface area (Å²) < 4.78 is 13.1. The molecule has 1 saturated heterocycles. The molecule has 1 aromatic rings. The van der Waals surface area contributed by atoms with Crippen LogP contribution in [0.25, 0.3) is 0 Å². The number of hydrogen-bond donors (Lipinski definition) is 1. The van der Waals surface area contributed by atoms with Crippen molar-refractivity contribution in [1.29, 1.82) is 0 Å². The quantitative estimate of drug-likeness (QED) is 0.350. The number of thiocarbonyl (C=S) groups is 1. The van der Waals surface area contributed by atoms with E-state index in [1.54, 1.807) is 0 Å². The average Bonchev–Trinajstić information content (AvgIpc) is 2.58. The van der Waals surface area contributed by atoms with E-state index < -0.39 is 41.9 Å². The molecule has 1 heterocycles. The van der Waals surface area contributed by atoms with Crippen LogP contribution in [-0.2, 0) is 19.2 Å². The van der Waals surface area contributed by atoms with E-state index in [4.69, 9.17) is 12.2 Å². The van der Waals surface area contributed by atoms with E-state index in [9.17, 15) is 33.8 Å². The number of carboxylic acid groups (broad SMARTS) is 2. The zero-order valence-corrected chi connectivity index (χ0v) is 14.6. The third-order valence-corrected chi connectivity index (χ3v) is 4.11. The number of anilines is 1. The molecule has 0 aromatic heterocycles. The van der Waals surface area contributed by atoms with E-state index in [0.29, 0.717) is 0 Å². The molecule has 2 amide bonds. The molecule has 1 N–H and O–H groups in total. The zero-order chi connectivity index (χ0) is 20.1. The van der Waals surface area contributed by atoms with E-state index in [-0.39, 0.29) is 29.2 Å². The van der Waals surface area contributed by atoms with Gasteiger partial charge in [-0.25, -0.2) is 4.39 Å². The number of halogens is 1. The summed E-state index contributed by atoms with van der Waals surface area (Å²) in [4.78, 5) is 47.3. The Morgan fingerprint density at radius 2 is 1.85 bits per heavy atom. The highest BCUT2D eigenvalue weighted by Gasteiger charge is 2.34. The van der Waals surface area contributed by atoms with Crippen molar-refractivity contribution in [2.45, 2.75) is 19.3 Å². The third-order valence-electron chi connectivity index (χ3n) is 3.82. The van der Waals surface area contributed by atoms with Crippen LogP contribution in [0.2, 0.25) is 0 Å². The number of aliphatic carboxylic acids is 2. The Bertz CT molecular complexity index is 836. The second-order valence-electron chi connectivity index (χ2n) is 5.66. The van der Waals surface area contributed by atoms with E-state index >= 15 is 0 Å². The van der Waals surface area contributed by atoms with Crippen molar-refractivity contribution in [3.8, 4) is 0 Å². The predicted octanol–water partition coefficient (Wildman–Crippen LogP) is -1.21. The molecule has 0 spiro atoms. The Labute approximate surface area is 158 Å². The molecule has 10 heteroatoms. The first-order chi connectivity index (χ1) is 12.7. The second kappa shape index (κ2) is 8.49. The van der Waals surface area contributed by atoms with Crippen LogP contribution < -0.4 is 20.4 Å². The highest BCUT2D eigenvalue weighted by atomic mass is 32.1. The van der Waals surface area contributed by atoms with Crippen LogP contribution in [0, 0.1) is 11.7 Å². The Morgan fingerprint density at radius 1 is 1.22 bits per heavy atom. The lowest BCUT2D eigenvalue weighted by molar-refractivity contribution is -0.313. The number of carbonyl (C=O) groups is 4. The van der Waals surface area contributed by atoms with Gasteiger partial charge in [0.2, 0.25) is 0 Å². The van der Waals surface area contributed by atoms with Gasteiger partial charge in [-0.15, -0.1) is 0 Å². The molecule has 0 aliphatic carbocycles. The molecular weight excluding hydrogens is 379 g/mol. The fraction of sp³-hybridized carbons (Fsp3) is 0.235. The summed E-state index contributed by atoms with van der Waals surface area (Å²) in [5.41, 5.74) is -0.154. The van der Waals surface area contributed by atoms with Gasteiger partial charge in [-0.2, -0.15) is 0 Å². The Balaban J connectivity index is 2.24. The third kappa shape index (κ3) is 4.94. The summed E-state index contributed by atoms with van der Waals surface area (Å²) >= 11 is 4.97. The maximum atomic E-state index is 13.1. The van der Waals surface area contributed by atoms with Gasteiger partial charge in [0.05, 0.1) is 5.69 Å². The smallest absolute Gasteiger partial charge is 0.269 e. The van der Waals surface area contributed by atoms with E-state index in [0.717, 1.165) is 23.1 Å². The molecule has 142 valence electrons. The highest BCUT2D eigenvalue weighted by molar-refractivity contribution is 7.80. The molecule has 1 fully saturated rings. The molecule has 0 unspecified atom stereocenters. The van der Waals surface area contributed by atoms with Crippen molar-refractivity contribution in [1.82, 2.24) is 5.32 Å². The Hall–Kier alpha value is -3.14. The minimum Gasteiger partial charge on any atom is -0.550 e. The predicted molar refractivity (Wildman–Crippen MR) is 90.1 cm³/mol. The van der Waals surface area contributed by atoms with Gasteiger partial charge < -0.3 is 19.8 Å². The first-order valence-electron chi connectivity index (χ1n) is 7.77. The number of amides is 2. The van der Waals surface area contributed by atoms with Crippen molar-refractivity contribution >= 4 is 46.8 Å². The largest absolute Gasteiger partial charge is 0.550 e. The van der Waals surface area contributed by atoms with Crippen LogP contribution in [0.1, 0.15) is 19.3 Å². The fourth-order valence-electron chi connectivity index (χ4n) is 2.42. The number of benzene rings is 1. The summed E-state index contributed by atoms with van der Waals surface area (Å²) in [6.07, 6.45) is 0.0118. The number of rotatable bonds is 7. The van der Waals surface area contributed by atoms with Gasteiger partial charge in [0.1, 0.15) is 11.4 Å². The maximum Gasteiger partial charge on any atom is 0.269 e. The number of carbonyl (C=O) groups excluding carboxylic acids is 4. The topological polar surface area (TPSA) is 130 Å². The summed E-state index contributed by atoms with van der Waals surface area (Å²) in [6.45, 7) is 0. The molecule has 0 bridgehead atoms. The molecule has 0 radical (unpaired) electrons. The monoisotopic (exact) mass is 392 g/mol. The highest BCUT2D eigenvalue weighted by Crippen LogP contribution is 2.22. The summed E-state index contributed by atoms with van der Waals surface area (Å²) in [6, 6.07) is 4.80. The van der Waals surface area contributed by atoms with Crippen molar-refractivity contribution in [3.05, 3.63) is 41.7 Å². The van der Waals surface area contributed by atoms with Gasteiger partial charge in [-0.3, -0.25) is 19.8 Å². The number of hydrogen-bond acceptors (Lipinski definition) is 7. The van der Waals surface area contributed by atoms with Gasteiger partial charge in [0.25, 0.3) is 11.8 Å². The first-order valence-corrected chi connectivity index (χ1v) is 8.17. The van der Waals surface area contributed by atoms with Crippen LogP contribution in [0.5, 0.6) is 0 Å². The van der Waals surface area contributed by atoms with E-state index in [1.807, 2.05) is 0 Å². The fourth-order valence-corrected chi connectivity index (χ4v) is 2.70. The lowest BCUT2D eigenvalue weighted by Crippen LogP contribution is -2.54. The van der Waals surface area contributed by atoms with E-state index in [2.05, 4.69) is 5.32 Å². The molecule has 1 aliphatic rings. The lowest BCUT2D eigenvalue weighted by atomic mass is 9.97. The molecule has 1 aromatic carbocycles. The van der Waals surface area contributed by atoms with Crippen LogP contribution in [-0.4, -0.2) is 28.9 Å². The molecule has 27 heavy (non-hydrogen) atoms. The molecule has 1 atom stereocenters. The zero-order valence-electron chi connectivity index (χ0n) is 13.8.